The predicted octanol–water partition coefficient (Wildman–Crippen LogP) is 3.13. The van der Waals surface area contributed by atoms with E-state index in [1.807, 2.05) is 0 Å². The molecule has 2 nitrogen and oxygen atoms in total. The normalized spacial score (nSPS) is 35.0. The third-order valence-corrected chi connectivity index (χ3v) is 5.27. The van der Waals surface area contributed by atoms with Crippen molar-refractivity contribution in [3.63, 3.8) is 0 Å². The maximum Gasteiger partial charge on any atom is 0.0104 e. The van der Waals surface area contributed by atoms with Gasteiger partial charge in [0.2, 0.25) is 0 Å². The number of nitrogens with one attached hydrogen (secondary N) is 1. The van der Waals surface area contributed by atoms with Crippen molar-refractivity contribution in [2.75, 3.05) is 26.7 Å². The molecule has 0 aromatic rings. The topological polar surface area (TPSA) is 15.3 Å². The first-order valence-corrected chi connectivity index (χ1v) is 7.90. The smallest absolute Gasteiger partial charge is 0.0104 e. The molecule has 106 valence electrons. The van der Waals surface area contributed by atoms with Gasteiger partial charge in [-0.05, 0) is 50.1 Å². The molecule has 0 aromatic heterocycles. The van der Waals surface area contributed by atoms with Crippen molar-refractivity contribution in [3.05, 3.63) is 0 Å². The fraction of sp³-hybridized carbons (Fsp3) is 1.00. The van der Waals surface area contributed by atoms with Crippen molar-refractivity contribution in [1.82, 2.24) is 10.2 Å². The Kier molecular flexibility index (Phi) is 4.71. The number of rotatable bonds is 3. The molecule has 0 spiro atoms. The van der Waals surface area contributed by atoms with Gasteiger partial charge in [0.05, 0.1) is 0 Å². The second kappa shape index (κ2) is 5.92. The Balaban J connectivity index is 1.83. The summed E-state index contributed by atoms with van der Waals surface area (Å²) in [6, 6.07) is 0.771. The number of hydrogen-bond acceptors (Lipinski definition) is 2. The van der Waals surface area contributed by atoms with Crippen LogP contribution in [-0.2, 0) is 0 Å². The highest BCUT2D eigenvalue weighted by atomic mass is 15.2. The second-order valence-corrected chi connectivity index (χ2v) is 7.55. The molecule has 1 aliphatic heterocycles. The maximum atomic E-state index is 3.54. The lowest BCUT2D eigenvalue weighted by atomic mass is 9.80. The minimum Gasteiger partial charge on any atom is -0.317 e. The Hall–Kier alpha value is -0.0800. The van der Waals surface area contributed by atoms with Gasteiger partial charge >= 0.3 is 0 Å². The van der Waals surface area contributed by atoms with Crippen molar-refractivity contribution < 1.29 is 0 Å². The third kappa shape index (κ3) is 3.48. The number of nitrogens with zero attached hydrogens (tertiary/aromatic N) is 1. The molecule has 0 bridgehead atoms. The van der Waals surface area contributed by atoms with Crippen molar-refractivity contribution in [2.45, 2.75) is 58.9 Å². The van der Waals surface area contributed by atoms with Gasteiger partial charge in [-0.15, -0.1) is 0 Å². The molecular weight excluding hydrogens is 220 g/mol. The van der Waals surface area contributed by atoms with Gasteiger partial charge in [-0.25, -0.2) is 0 Å². The van der Waals surface area contributed by atoms with E-state index >= 15 is 0 Å². The quantitative estimate of drug-likeness (QED) is 0.830. The highest BCUT2D eigenvalue weighted by molar-refractivity contribution is 4.88. The van der Waals surface area contributed by atoms with Crippen LogP contribution in [0, 0.1) is 17.3 Å². The van der Waals surface area contributed by atoms with Crippen LogP contribution >= 0.6 is 0 Å². The molecule has 2 fully saturated rings. The zero-order valence-corrected chi connectivity index (χ0v) is 12.8. The van der Waals surface area contributed by atoms with E-state index in [4.69, 9.17) is 0 Å². The monoisotopic (exact) mass is 252 g/mol. The SMILES string of the molecule is CNC1CCCCC1CN1CCC(C(C)(C)C)C1. The molecule has 2 aliphatic rings. The van der Waals surface area contributed by atoms with E-state index in [-0.39, 0.29) is 0 Å². The van der Waals surface area contributed by atoms with Gasteiger partial charge in [-0.2, -0.15) is 0 Å². The van der Waals surface area contributed by atoms with Crippen LogP contribution in [0.1, 0.15) is 52.9 Å². The Morgan fingerprint density at radius 1 is 1.11 bits per heavy atom. The molecule has 18 heavy (non-hydrogen) atoms. The molecular formula is C16H32N2. The van der Waals surface area contributed by atoms with Crippen molar-refractivity contribution in [3.8, 4) is 0 Å². The molecule has 0 radical (unpaired) electrons. The molecule has 1 saturated carbocycles. The van der Waals surface area contributed by atoms with Crippen LogP contribution in [-0.4, -0.2) is 37.6 Å². The summed E-state index contributed by atoms with van der Waals surface area (Å²) in [6.07, 6.45) is 7.09. The van der Waals surface area contributed by atoms with Gasteiger partial charge in [-0.3, -0.25) is 0 Å². The van der Waals surface area contributed by atoms with Crippen molar-refractivity contribution in [1.29, 1.82) is 0 Å². The van der Waals surface area contributed by atoms with Gasteiger partial charge in [0.1, 0.15) is 0 Å². The fourth-order valence-electron chi connectivity index (χ4n) is 3.84. The van der Waals surface area contributed by atoms with Crippen LogP contribution in [0.3, 0.4) is 0 Å². The zero-order valence-electron chi connectivity index (χ0n) is 12.8. The van der Waals surface area contributed by atoms with Crippen LogP contribution < -0.4 is 5.32 Å². The molecule has 0 amide bonds. The summed E-state index contributed by atoms with van der Waals surface area (Å²) in [7, 11) is 2.14. The average molecular weight is 252 g/mol. The summed E-state index contributed by atoms with van der Waals surface area (Å²) < 4.78 is 0. The minimum atomic E-state index is 0.490. The van der Waals surface area contributed by atoms with E-state index in [1.165, 1.54) is 51.7 Å². The van der Waals surface area contributed by atoms with Crippen LogP contribution in [0.5, 0.6) is 0 Å². The van der Waals surface area contributed by atoms with E-state index < -0.39 is 0 Å². The summed E-state index contributed by atoms with van der Waals surface area (Å²) in [4.78, 5) is 2.73. The van der Waals surface area contributed by atoms with Gasteiger partial charge in [0.25, 0.3) is 0 Å². The summed E-state index contributed by atoms with van der Waals surface area (Å²) in [5, 5.41) is 3.54. The summed E-state index contributed by atoms with van der Waals surface area (Å²) >= 11 is 0. The van der Waals surface area contributed by atoms with E-state index in [0.29, 0.717) is 5.41 Å². The lowest BCUT2D eigenvalue weighted by molar-refractivity contribution is 0.175. The highest BCUT2D eigenvalue weighted by Crippen LogP contribution is 2.35. The van der Waals surface area contributed by atoms with E-state index in [1.54, 1.807) is 0 Å². The van der Waals surface area contributed by atoms with Gasteiger partial charge in [0.15, 0.2) is 0 Å². The molecule has 3 unspecified atom stereocenters. The van der Waals surface area contributed by atoms with E-state index in [0.717, 1.165) is 17.9 Å². The largest absolute Gasteiger partial charge is 0.317 e. The molecule has 1 N–H and O–H groups in total. The predicted molar refractivity (Wildman–Crippen MR) is 78.8 cm³/mol. The Morgan fingerprint density at radius 3 is 2.44 bits per heavy atom. The van der Waals surface area contributed by atoms with Gasteiger partial charge < -0.3 is 10.2 Å². The highest BCUT2D eigenvalue weighted by Gasteiger charge is 2.34. The Bertz CT molecular complexity index is 256. The lowest BCUT2D eigenvalue weighted by Gasteiger charge is -2.34. The van der Waals surface area contributed by atoms with Crippen LogP contribution in [0.2, 0.25) is 0 Å². The van der Waals surface area contributed by atoms with Crippen LogP contribution in [0.4, 0.5) is 0 Å². The first-order chi connectivity index (χ1) is 8.50. The van der Waals surface area contributed by atoms with E-state index in [9.17, 15) is 0 Å². The second-order valence-electron chi connectivity index (χ2n) is 7.55. The first kappa shape index (κ1) is 14.3. The number of likely N-dealkylation sites (tertiary alicyclic amines) is 1. The van der Waals surface area contributed by atoms with Crippen molar-refractivity contribution in [2.24, 2.45) is 17.3 Å². The molecule has 3 atom stereocenters. The number of hydrogen-bond donors (Lipinski definition) is 1. The van der Waals surface area contributed by atoms with E-state index in [2.05, 4.69) is 38.0 Å². The summed E-state index contributed by atoms with van der Waals surface area (Å²) in [5.74, 6) is 1.79. The van der Waals surface area contributed by atoms with Gasteiger partial charge in [0, 0.05) is 19.1 Å². The lowest BCUT2D eigenvalue weighted by Crippen LogP contribution is -2.42. The molecule has 0 aromatic carbocycles. The molecule has 1 heterocycles. The van der Waals surface area contributed by atoms with Crippen molar-refractivity contribution >= 4 is 0 Å². The average Bonchev–Trinajstić information content (AvgIpc) is 2.78. The Labute approximate surface area is 114 Å². The minimum absolute atomic E-state index is 0.490. The zero-order chi connectivity index (χ0) is 13.2. The fourth-order valence-corrected chi connectivity index (χ4v) is 3.84. The van der Waals surface area contributed by atoms with Crippen LogP contribution in [0.15, 0.2) is 0 Å². The van der Waals surface area contributed by atoms with Gasteiger partial charge in [-0.1, -0.05) is 33.6 Å². The molecule has 1 saturated heterocycles. The van der Waals surface area contributed by atoms with Crippen LogP contribution in [0.25, 0.3) is 0 Å². The summed E-state index contributed by atoms with van der Waals surface area (Å²) in [6.45, 7) is 11.2. The third-order valence-electron chi connectivity index (χ3n) is 5.27. The Morgan fingerprint density at radius 2 is 1.83 bits per heavy atom. The maximum absolute atomic E-state index is 3.54. The molecule has 1 aliphatic carbocycles. The molecule has 2 heteroatoms. The summed E-state index contributed by atoms with van der Waals surface area (Å²) in [5.41, 5.74) is 0.490. The molecule has 2 rings (SSSR count). The standard InChI is InChI=1S/C16H32N2/c1-16(2,3)14-9-10-18(12-14)11-13-7-5-6-8-15(13)17-4/h13-15,17H,5-12H2,1-4H3. The first-order valence-electron chi connectivity index (χ1n) is 7.90.